The highest BCUT2D eigenvalue weighted by Crippen LogP contribution is 2.27. The highest BCUT2D eigenvalue weighted by molar-refractivity contribution is 4.82. The molecule has 3 unspecified atom stereocenters. The van der Waals surface area contributed by atoms with Crippen molar-refractivity contribution < 1.29 is 0 Å². The van der Waals surface area contributed by atoms with E-state index < -0.39 is 0 Å². The summed E-state index contributed by atoms with van der Waals surface area (Å²) in [6.07, 6.45) is 8.31. The summed E-state index contributed by atoms with van der Waals surface area (Å²) in [6, 6.07) is 1.45. The van der Waals surface area contributed by atoms with E-state index in [2.05, 4.69) is 38.2 Å². The minimum Gasteiger partial charge on any atom is -0.311 e. The van der Waals surface area contributed by atoms with Crippen LogP contribution in [0.25, 0.3) is 0 Å². The number of rotatable bonds is 6. The largest absolute Gasteiger partial charge is 0.311 e. The smallest absolute Gasteiger partial charge is 0.00977 e. The van der Waals surface area contributed by atoms with Crippen LogP contribution < -0.4 is 5.32 Å². The van der Waals surface area contributed by atoms with Crippen molar-refractivity contribution in [1.82, 2.24) is 10.2 Å². The van der Waals surface area contributed by atoms with Gasteiger partial charge < -0.3 is 10.2 Å². The molecule has 1 rings (SSSR count). The lowest BCUT2D eigenvalue weighted by Crippen LogP contribution is -2.43. The van der Waals surface area contributed by atoms with Crippen LogP contribution in [0.5, 0.6) is 0 Å². The molecule has 0 amide bonds. The van der Waals surface area contributed by atoms with Crippen molar-refractivity contribution in [2.45, 2.75) is 64.5 Å². The fourth-order valence-corrected chi connectivity index (χ4v) is 2.82. The van der Waals surface area contributed by atoms with E-state index in [4.69, 9.17) is 0 Å². The Balaban J connectivity index is 2.27. The first kappa shape index (κ1) is 14.0. The lowest BCUT2D eigenvalue weighted by atomic mass is 9.82. The van der Waals surface area contributed by atoms with Gasteiger partial charge in [0.05, 0.1) is 0 Å². The molecule has 96 valence electrons. The molecular weight excluding hydrogens is 196 g/mol. The van der Waals surface area contributed by atoms with Gasteiger partial charge in [-0.2, -0.15) is 0 Å². The number of hydrogen-bond acceptors (Lipinski definition) is 2. The molecule has 2 nitrogen and oxygen atoms in total. The Hall–Kier alpha value is -0.0800. The lowest BCUT2D eigenvalue weighted by Gasteiger charge is -2.34. The Labute approximate surface area is 102 Å². The predicted molar refractivity (Wildman–Crippen MR) is 71.8 cm³/mol. The topological polar surface area (TPSA) is 15.3 Å². The molecule has 0 radical (unpaired) electrons. The van der Waals surface area contributed by atoms with Crippen molar-refractivity contribution in [1.29, 1.82) is 0 Å². The Bertz CT molecular complexity index is 180. The van der Waals surface area contributed by atoms with Crippen LogP contribution in [-0.4, -0.2) is 37.6 Å². The van der Waals surface area contributed by atoms with E-state index in [0.717, 1.165) is 12.0 Å². The van der Waals surface area contributed by atoms with Crippen molar-refractivity contribution in [2.24, 2.45) is 5.92 Å². The molecule has 0 aromatic carbocycles. The summed E-state index contributed by atoms with van der Waals surface area (Å²) in [4.78, 5) is 2.27. The quantitative estimate of drug-likeness (QED) is 0.749. The lowest BCUT2D eigenvalue weighted by molar-refractivity contribution is 0.231. The van der Waals surface area contributed by atoms with Crippen LogP contribution in [0.2, 0.25) is 0 Å². The molecule has 16 heavy (non-hydrogen) atoms. The molecule has 0 bridgehead atoms. The van der Waals surface area contributed by atoms with Gasteiger partial charge in [-0.1, -0.05) is 26.2 Å². The van der Waals surface area contributed by atoms with Crippen LogP contribution in [0.3, 0.4) is 0 Å². The SMILES string of the molecule is CCC1CCCCC1NC(C)CCN(C)C. The second-order valence-electron chi connectivity index (χ2n) is 5.72. The van der Waals surface area contributed by atoms with Gasteiger partial charge in [0.1, 0.15) is 0 Å². The molecule has 1 fully saturated rings. The van der Waals surface area contributed by atoms with Crippen LogP contribution in [0, 0.1) is 5.92 Å². The maximum absolute atomic E-state index is 3.85. The minimum atomic E-state index is 0.666. The van der Waals surface area contributed by atoms with Gasteiger partial charge in [0, 0.05) is 12.1 Å². The first-order chi connectivity index (χ1) is 7.63. The Morgan fingerprint density at radius 3 is 2.56 bits per heavy atom. The molecule has 0 spiro atoms. The monoisotopic (exact) mass is 226 g/mol. The standard InChI is InChI=1S/C14H30N2/c1-5-13-8-6-7-9-14(13)15-12(2)10-11-16(3)4/h12-15H,5-11H2,1-4H3. The van der Waals surface area contributed by atoms with Gasteiger partial charge in [-0.15, -0.1) is 0 Å². The first-order valence-corrected chi connectivity index (χ1v) is 7.04. The van der Waals surface area contributed by atoms with Crippen molar-refractivity contribution in [3.8, 4) is 0 Å². The maximum atomic E-state index is 3.85. The van der Waals surface area contributed by atoms with E-state index in [-0.39, 0.29) is 0 Å². The van der Waals surface area contributed by atoms with E-state index >= 15 is 0 Å². The van der Waals surface area contributed by atoms with Crippen LogP contribution in [0.15, 0.2) is 0 Å². The first-order valence-electron chi connectivity index (χ1n) is 7.04. The highest BCUT2D eigenvalue weighted by atomic mass is 15.1. The molecular formula is C14H30N2. The Kier molecular flexibility index (Phi) is 6.37. The van der Waals surface area contributed by atoms with Crippen molar-refractivity contribution in [3.63, 3.8) is 0 Å². The summed E-state index contributed by atoms with van der Waals surface area (Å²) in [5.74, 6) is 0.926. The summed E-state index contributed by atoms with van der Waals surface area (Å²) < 4.78 is 0. The summed E-state index contributed by atoms with van der Waals surface area (Å²) in [5.41, 5.74) is 0. The van der Waals surface area contributed by atoms with Gasteiger partial charge in [0.15, 0.2) is 0 Å². The van der Waals surface area contributed by atoms with Gasteiger partial charge in [0.2, 0.25) is 0 Å². The van der Waals surface area contributed by atoms with Gasteiger partial charge in [0.25, 0.3) is 0 Å². The van der Waals surface area contributed by atoms with Gasteiger partial charge >= 0.3 is 0 Å². The summed E-state index contributed by atoms with van der Waals surface area (Å²) in [6.45, 7) is 5.87. The number of hydrogen-bond donors (Lipinski definition) is 1. The van der Waals surface area contributed by atoms with Crippen molar-refractivity contribution >= 4 is 0 Å². The van der Waals surface area contributed by atoms with Gasteiger partial charge in [-0.3, -0.25) is 0 Å². The average molecular weight is 226 g/mol. The second kappa shape index (κ2) is 7.29. The van der Waals surface area contributed by atoms with E-state index in [9.17, 15) is 0 Å². The van der Waals surface area contributed by atoms with Crippen LogP contribution >= 0.6 is 0 Å². The van der Waals surface area contributed by atoms with Crippen molar-refractivity contribution in [2.75, 3.05) is 20.6 Å². The molecule has 0 aromatic rings. The average Bonchev–Trinajstić information content (AvgIpc) is 2.27. The van der Waals surface area contributed by atoms with Crippen LogP contribution in [-0.2, 0) is 0 Å². The third kappa shape index (κ3) is 4.84. The molecule has 0 aromatic heterocycles. The Morgan fingerprint density at radius 1 is 1.25 bits per heavy atom. The Morgan fingerprint density at radius 2 is 1.94 bits per heavy atom. The van der Waals surface area contributed by atoms with Crippen LogP contribution in [0.1, 0.15) is 52.4 Å². The van der Waals surface area contributed by atoms with Crippen molar-refractivity contribution in [3.05, 3.63) is 0 Å². The predicted octanol–water partition coefficient (Wildman–Crippen LogP) is 2.89. The maximum Gasteiger partial charge on any atom is 0.00977 e. The van der Waals surface area contributed by atoms with E-state index in [1.54, 1.807) is 0 Å². The zero-order chi connectivity index (χ0) is 12.0. The van der Waals surface area contributed by atoms with E-state index in [1.165, 1.54) is 45.1 Å². The van der Waals surface area contributed by atoms with Crippen LogP contribution in [0.4, 0.5) is 0 Å². The van der Waals surface area contributed by atoms with Gasteiger partial charge in [-0.05, 0) is 52.7 Å². The molecule has 1 aliphatic carbocycles. The molecule has 2 heteroatoms. The fourth-order valence-electron chi connectivity index (χ4n) is 2.82. The molecule has 3 atom stereocenters. The normalized spacial score (nSPS) is 28.3. The third-order valence-electron chi connectivity index (χ3n) is 3.94. The molecule has 0 saturated heterocycles. The van der Waals surface area contributed by atoms with Gasteiger partial charge in [-0.25, -0.2) is 0 Å². The zero-order valence-electron chi connectivity index (χ0n) is 11.6. The third-order valence-corrected chi connectivity index (χ3v) is 3.94. The number of nitrogens with zero attached hydrogens (tertiary/aromatic N) is 1. The molecule has 0 aliphatic heterocycles. The number of nitrogens with one attached hydrogen (secondary N) is 1. The van der Waals surface area contributed by atoms with E-state index in [1.807, 2.05) is 0 Å². The summed E-state index contributed by atoms with van der Waals surface area (Å²) in [7, 11) is 4.31. The molecule has 0 heterocycles. The second-order valence-corrected chi connectivity index (χ2v) is 5.72. The zero-order valence-corrected chi connectivity index (χ0v) is 11.6. The van der Waals surface area contributed by atoms with E-state index in [0.29, 0.717) is 6.04 Å². The summed E-state index contributed by atoms with van der Waals surface area (Å²) >= 11 is 0. The highest BCUT2D eigenvalue weighted by Gasteiger charge is 2.24. The molecule has 1 saturated carbocycles. The molecule has 1 aliphatic rings. The fraction of sp³-hybridized carbons (Fsp3) is 1.00. The molecule has 1 N–H and O–H groups in total. The summed E-state index contributed by atoms with van der Waals surface area (Å²) in [5, 5.41) is 3.85. The minimum absolute atomic E-state index is 0.666.